The van der Waals surface area contributed by atoms with E-state index in [1.807, 2.05) is 32.9 Å². The first-order valence-electron chi connectivity index (χ1n) is 7.57. The van der Waals surface area contributed by atoms with E-state index < -0.39 is 5.60 Å². The lowest BCUT2D eigenvalue weighted by atomic mass is 10.2. The molecule has 1 aromatic rings. The normalized spacial score (nSPS) is 16.5. The predicted molar refractivity (Wildman–Crippen MR) is 83.9 cm³/mol. The van der Waals surface area contributed by atoms with Gasteiger partial charge in [0.25, 0.3) is 0 Å². The van der Waals surface area contributed by atoms with Gasteiger partial charge < -0.3 is 14.4 Å². The first-order chi connectivity index (χ1) is 10.4. The number of carbonyl (C=O) groups excluding carboxylic acids is 1. The van der Waals surface area contributed by atoms with E-state index in [0.29, 0.717) is 19.0 Å². The molecular weight excluding hydrogens is 282 g/mol. The smallest absolute Gasteiger partial charge is 0.410 e. The second-order valence-corrected chi connectivity index (χ2v) is 6.42. The van der Waals surface area contributed by atoms with Crippen LogP contribution in [0.4, 0.5) is 4.79 Å². The first-order valence-corrected chi connectivity index (χ1v) is 7.57. The number of rotatable bonds is 3. The lowest BCUT2D eigenvalue weighted by molar-refractivity contribution is 0.0138. The van der Waals surface area contributed by atoms with Crippen LogP contribution in [0.1, 0.15) is 26.3 Å². The minimum absolute atomic E-state index is 0.230. The molecule has 1 saturated heterocycles. The number of hydrogen-bond acceptors (Lipinski definition) is 5. The van der Waals surface area contributed by atoms with Gasteiger partial charge in [-0.1, -0.05) is 6.07 Å². The van der Waals surface area contributed by atoms with Crippen molar-refractivity contribution in [3.05, 3.63) is 23.9 Å². The van der Waals surface area contributed by atoms with E-state index in [4.69, 9.17) is 9.47 Å². The number of amides is 1. The van der Waals surface area contributed by atoms with Crippen molar-refractivity contribution >= 4 is 6.09 Å². The molecule has 0 atom stereocenters. The highest BCUT2D eigenvalue weighted by Crippen LogP contribution is 2.18. The summed E-state index contributed by atoms with van der Waals surface area (Å²) in [5.74, 6) is 0.664. The minimum atomic E-state index is -0.447. The summed E-state index contributed by atoms with van der Waals surface area (Å²) in [6.07, 6.45) is 1.49. The van der Waals surface area contributed by atoms with Crippen LogP contribution in [0.5, 0.6) is 5.88 Å². The number of nitrogens with zero attached hydrogens (tertiary/aromatic N) is 3. The summed E-state index contributed by atoms with van der Waals surface area (Å²) in [7, 11) is 1.63. The standard InChI is InChI=1S/C16H25N3O3/c1-16(2,3)22-15(20)19-10-8-18(9-11-19)12-13-6-5-7-17-14(13)21-4/h5-7H,8-12H2,1-4H3. The SMILES string of the molecule is COc1ncccc1CN1CCN(C(=O)OC(C)(C)C)CC1. The van der Waals surface area contributed by atoms with E-state index in [9.17, 15) is 4.79 Å². The Morgan fingerprint density at radius 3 is 2.55 bits per heavy atom. The molecule has 0 N–H and O–H groups in total. The third kappa shape index (κ3) is 4.59. The summed E-state index contributed by atoms with van der Waals surface area (Å²) < 4.78 is 10.7. The van der Waals surface area contributed by atoms with Crippen LogP contribution < -0.4 is 4.74 Å². The van der Waals surface area contributed by atoms with Gasteiger partial charge in [-0.05, 0) is 26.8 Å². The van der Waals surface area contributed by atoms with Crippen LogP contribution in [0.2, 0.25) is 0 Å². The fourth-order valence-electron chi connectivity index (χ4n) is 2.38. The van der Waals surface area contributed by atoms with E-state index in [-0.39, 0.29) is 6.09 Å². The fourth-order valence-corrected chi connectivity index (χ4v) is 2.38. The van der Waals surface area contributed by atoms with Crippen LogP contribution in [0.3, 0.4) is 0 Å². The lowest BCUT2D eigenvalue weighted by Crippen LogP contribution is -2.49. The van der Waals surface area contributed by atoms with Crippen molar-refractivity contribution in [1.82, 2.24) is 14.8 Å². The number of methoxy groups -OCH3 is 1. The Labute approximate surface area is 132 Å². The van der Waals surface area contributed by atoms with Crippen LogP contribution in [-0.4, -0.2) is 59.8 Å². The maximum Gasteiger partial charge on any atom is 0.410 e. The minimum Gasteiger partial charge on any atom is -0.481 e. The van der Waals surface area contributed by atoms with Gasteiger partial charge in [-0.15, -0.1) is 0 Å². The van der Waals surface area contributed by atoms with Crippen LogP contribution >= 0.6 is 0 Å². The quantitative estimate of drug-likeness (QED) is 0.856. The van der Waals surface area contributed by atoms with Crippen LogP contribution in [0.25, 0.3) is 0 Å². The van der Waals surface area contributed by atoms with Gasteiger partial charge in [0.1, 0.15) is 5.60 Å². The molecule has 0 aliphatic carbocycles. The van der Waals surface area contributed by atoms with Crippen LogP contribution in [0, 0.1) is 0 Å². The highest BCUT2D eigenvalue weighted by Gasteiger charge is 2.26. The molecule has 0 radical (unpaired) electrons. The molecule has 122 valence electrons. The Kier molecular flexibility index (Phi) is 5.24. The number of ether oxygens (including phenoxy) is 2. The summed E-state index contributed by atoms with van der Waals surface area (Å²) in [5, 5.41) is 0. The number of carbonyl (C=O) groups is 1. The number of pyridine rings is 1. The monoisotopic (exact) mass is 307 g/mol. The molecule has 0 spiro atoms. The van der Waals surface area contributed by atoms with E-state index in [0.717, 1.165) is 25.2 Å². The molecule has 6 heteroatoms. The zero-order chi connectivity index (χ0) is 16.2. The van der Waals surface area contributed by atoms with Gasteiger partial charge >= 0.3 is 6.09 Å². The van der Waals surface area contributed by atoms with Crippen molar-refractivity contribution in [2.24, 2.45) is 0 Å². The maximum absolute atomic E-state index is 12.0. The molecule has 0 unspecified atom stereocenters. The highest BCUT2D eigenvalue weighted by atomic mass is 16.6. The van der Waals surface area contributed by atoms with Gasteiger partial charge in [0.15, 0.2) is 0 Å². The van der Waals surface area contributed by atoms with Crippen LogP contribution in [0.15, 0.2) is 18.3 Å². The topological polar surface area (TPSA) is 54.9 Å². The summed E-state index contributed by atoms with van der Waals surface area (Å²) in [6, 6.07) is 3.93. The third-order valence-electron chi connectivity index (χ3n) is 3.46. The summed E-state index contributed by atoms with van der Waals surface area (Å²) in [6.45, 7) is 9.42. The van der Waals surface area contributed by atoms with Crippen molar-refractivity contribution < 1.29 is 14.3 Å². The fraction of sp³-hybridized carbons (Fsp3) is 0.625. The van der Waals surface area contributed by atoms with E-state index >= 15 is 0 Å². The molecule has 6 nitrogen and oxygen atoms in total. The highest BCUT2D eigenvalue weighted by molar-refractivity contribution is 5.68. The molecule has 1 fully saturated rings. The number of hydrogen-bond donors (Lipinski definition) is 0. The van der Waals surface area contributed by atoms with Crippen molar-refractivity contribution in [2.75, 3.05) is 33.3 Å². The van der Waals surface area contributed by atoms with E-state index in [1.165, 1.54) is 0 Å². The van der Waals surface area contributed by atoms with Gasteiger partial charge in [-0.3, -0.25) is 4.90 Å². The molecule has 1 aliphatic rings. The van der Waals surface area contributed by atoms with Gasteiger partial charge in [-0.2, -0.15) is 0 Å². The Morgan fingerprint density at radius 2 is 1.95 bits per heavy atom. The third-order valence-corrected chi connectivity index (χ3v) is 3.46. The Bertz CT molecular complexity index is 506. The molecule has 1 amide bonds. The Balaban J connectivity index is 1.86. The van der Waals surface area contributed by atoms with Gasteiger partial charge in [0.05, 0.1) is 7.11 Å². The van der Waals surface area contributed by atoms with Crippen molar-refractivity contribution in [3.63, 3.8) is 0 Å². The molecule has 0 aromatic carbocycles. The second-order valence-electron chi connectivity index (χ2n) is 6.42. The largest absolute Gasteiger partial charge is 0.481 e. The molecule has 0 saturated carbocycles. The van der Waals surface area contributed by atoms with Crippen molar-refractivity contribution in [2.45, 2.75) is 32.9 Å². The number of piperazine rings is 1. The molecule has 1 aromatic heterocycles. The van der Waals surface area contributed by atoms with Gasteiger partial charge in [0.2, 0.25) is 5.88 Å². The maximum atomic E-state index is 12.0. The molecule has 22 heavy (non-hydrogen) atoms. The second kappa shape index (κ2) is 6.96. The zero-order valence-corrected chi connectivity index (χ0v) is 13.8. The van der Waals surface area contributed by atoms with E-state index in [2.05, 4.69) is 9.88 Å². The summed E-state index contributed by atoms with van der Waals surface area (Å²) >= 11 is 0. The molecular formula is C16H25N3O3. The van der Waals surface area contributed by atoms with Crippen molar-refractivity contribution in [1.29, 1.82) is 0 Å². The molecule has 2 rings (SSSR count). The average Bonchev–Trinajstić information content (AvgIpc) is 2.47. The van der Waals surface area contributed by atoms with E-state index in [1.54, 1.807) is 18.2 Å². The Morgan fingerprint density at radius 1 is 1.27 bits per heavy atom. The van der Waals surface area contributed by atoms with Crippen molar-refractivity contribution in [3.8, 4) is 5.88 Å². The van der Waals surface area contributed by atoms with Crippen LogP contribution in [-0.2, 0) is 11.3 Å². The molecule has 1 aliphatic heterocycles. The summed E-state index contributed by atoms with van der Waals surface area (Å²) in [4.78, 5) is 20.3. The predicted octanol–water partition coefficient (Wildman–Crippen LogP) is 2.14. The lowest BCUT2D eigenvalue weighted by Gasteiger charge is -2.35. The van der Waals surface area contributed by atoms with Gasteiger partial charge in [-0.25, -0.2) is 9.78 Å². The Hall–Kier alpha value is -1.82. The average molecular weight is 307 g/mol. The molecule has 0 bridgehead atoms. The van der Waals surface area contributed by atoms with Gasteiger partial charge in [0, 0.05) is 44.5 Å². The molecule has 2 heterocycles. The zero-order valence-electron chi connectivity index (χ0n) is 13.8. The summed E-state index contributed by atoms with van der Waals surface area (Å²) in [5.41, 5.74) is 0.618. The number of aromatic nitrogens is 1. The first kappa shape index (κ1) is 16.5.